The van der Waals surface area contributed by atoms with E-state index in [4.69, 9.17) is 28.4 Å². The first-order chi connectivity index (χ1) is 29.7. The van der Waals surface area contributed by atoms with Crippen molar-refractivity contribution in [1.82, 2.24) is 0 Å². The van der Waals surface area contributed by atoms with E-state index in [1.807, 2.05) is 6.92 Å². The molecule has 0 bridgehead atoms. The largest absolute Gasteiger partial charge is 0.450 e. The van der Waals surface area contributed by atoms with Crippen molar-refractivity contribution in [3.05, 3.63) is 215 Å². The van der Waals surface area contributed by atoms with Crippen molar-refractivity contribution in [2.45, 2.75) is 43.5 Å². The predicted octanol–water partition coefficient (Wildman–Crippen LogP) is 7.66. The minimum Gasteiger partial charge on any atom is -0.450 e. The van der Waals surface area contributed by atoms with Crippen molar-refractivity contribution in [3.8, 4) is 0 Å². The molecule has 0 aliphatic heterocycles. The van der Waals surface area contributed by atoms with Crippen LogP contribution in [0.3, 0.4) is 0 Å². The maximum atomic E-state index is 14.2. The summed E-state index contributed by atoms with van der Waals surface area (Å²) in [5.41, 5.74) is 1.13. The second-order valence-electron chi connectivity index (χ2n) is 13.9. The van der Waals surface area contributed by atoms with E-state index in [0.29, 0.717) is 0 Å². The molecule has 1 aliphatic carbocycles. The first kappa shape index (κ1) is 41.3. The molecule has 0 amide bonds. The molecule has 0 N–H and O–H groups in total. The normalized spacial score (nSPS) is 19.3. The lowest BCUT2D eigenvalue weighted by Gasteiger charge is -2.47. The van der Waals surface area contributed by atoms with Crippen molar-refractivity contribution in [2.75, 3.05) is 0 Å². The summed E-state index contributed by atoms with van der Waals surface area (Å²) in [5.74, 6) is -5.81. The minimum absolute atomic E-state index is 0.0485. The monoisotopic (exact) mass is 818 g/mol. The SMILES string of the molecule is Cc1ccc(C(=O)OC2[C@H](OC(=O)c3ccccc3)C(OC(=O)c3ccccc3)C(OC(=O)c3ccccc3)C(OC(=O)c3ccccc3)[C@@H]2OC(=O)c2ccccc2)cc1. The Hall–Kier alpha value is -7.86. The van der Waals surface area contributed by atoms with Crippen LogP contribution in [0.1, 0.15) is 67.7 Å². The van der Waals surface area contributed by atoms with Crippen LogP contribution < -0.4 is 0 Å². The number of hydrogen-bond donors (Lipinski definition) is 0. The maximum absolute atomic E-state index is 14.2. The highest BCUT2D eigenvalue weighted by Crippen LogP contribution is 2.37. The van der Waals surface area contributed by atoms with Gasteiger partial charge in [-0.1, -0.05) is 109 Å². The van der Waals surface area contributed by atoms with Crippen molar-refractivity contribution >= 4 is 35.8 Å². The third-order valence-corrected chi connectivity index (χ3v) is 9.74. The number of benzene rings is 6. The van der Waals surface area contributed by atoms with Gasteiger partial charge in [0.05, 0.1) is 33.4 Å². The second-order valence-corrected chi connectivity index (χ2v) is 13.9. The fraction of sp³-hybridized carbons (Fsp3) is 0.143. The molecule has 0 aromatic heterocycles. The third-order valence-electron chi connectivity index (χ3n) is 9.74. The van der Waals surface area contributed by atoms with Gasteiger partial charge in [0.2, 0.25) is 0 Å². The molecule has 6 aromatic carbocycles. The van der Waals surface area contributed by atoms with E-state index in [1.165, 1.54) is 72.8 Å². The number of aryl methyl sites for hydroxylation is 1. The smallest absolute Gasteiger partial charge is 0.338 e. The summed E-state index contributed by atoms with van der Waals surface area (Å²) in [5, 5.41) is 0. The Morgan fingerprint density at radius 3 is 0.607 bits per heavy atom. The van der Waals surface area contributed by atoms with Gasteiger partial charge in [0.15, 0.2) is 36.6 Å². The van der Waals surface area contributed by atoms with Crippen LogP contribution in [0.2, 0.25) is 0 Å². The molecule has 12 nitrogen and oxygen atoms in total. The topological polar surface area (TPSA) is 158 Å². The summed E-state index contributed by atoms with van der Waals surface area (Å²) in [6.45, 7) is 1.82. The van der Waals surface area contributed by atoms with E-state index in [2.05, 4.69) is 0 Å². The molecule has 0 spiro atoms. The molecule has 0 saturated heterocycles. The van der Waals surface area contributed by atoms with Crippen molar-refractivity contribution in [3.63, 3.8) is 0 Å². The van der Waals surface area contributed by atoms with Gasteiger partial charge in [-0.15, -0.1) is 0 Å². The van der Waals surface area contributed by atoms with Crippen molar-refractivity contribution in [2.24, 2.45) is 0 Å². The number of esters is 6. The quantitative estimate of drug-likeness (QED) is 0.0879. The first-order valence-electron chi connectivity index (χ1n) is 19.2. The van der Waals surface area contributed by atoms with Crippen molar-refractivity contribution < 1.29 is 57.2 Å². The molecule has 0 radical (unpaired) electrons. The van der Waals surface area contributed by atoms with Gasteiger partial charge in [0.1, 0.15) is 0 Å². The fourth-order valence-electron chi connectivity index (χ4n) is 6.64. The summed E-state index contributed by atoms with van der Waals surface area (Å²) in [7, 11) is 0. The summed E-state index contributed by atoms with van der Waals surface area (Å²) in [6.07, 6.45) is -11.3. The number of carbonyl (C=O) groups excluding carboxylic acids is 6. The zero-order valence-corrected chi connectivity index (χ0v) is 32.6. The summed E-state index contributed by atoms with van der Waals surface area (Å²) in [6, 6.07) is 45.3. The van der Waals surface area contributed by atoms with Crippen LogP contribution in [0, 0.1) is 6.92 Å². The van der Waals surface area contributed by atoms with Crippen LogP contribution in [0.4, 0.5) is 0 Å². The molecule has 4 unspecified atom stereocenters. The lowest BCUT2D eigenvalue weighted by atomic mass is 9.83. The second kappa shape index (κ2) is 19.3. The van der Waals surface area contributed by atoms with Gasteiger partial charge >= 0.3 is 35.8 Å². The lowest BCUT2D eigenvalue weighted by Crippen LogP contribution is -2.69. The van der Waals surface area contributed by atoms with Crippen LogP contribution in [0.15, 0.2) is 176 Å². The van der Waals surface area contributed by atoms with E-state index in [9.17, 15) is 28.8 Å². The van der Waals surface area contributed by atoms with Crippen LogP contribution in [0.25, 0.3) is 0 Å². The highest BCUT2D eigenvalue weighted by Gasteiger charge is 2.61. The average molecular weight is 819 g/mol. The summed E-state index contributed by atoms with van der Waals surface area (Å²) in [4.78, 5) is 84.6. The molecule has 12 heteroatoms. The highest BCUT2D eigenvalue weighted by atomic mass is 16.7. The molecular formula is C49H38O12. The van der Waals surface area contributed by atoms with Crippen LogP contribution in [0.5, 0.6) is 0 Å². The molecule has 1 fully saturated rings. The number of hydrogen-bond acceptors (Lipinski definition) is 12. The van der Waals surface area contributed by atoms with E-state index < -0.39 is 72.4 Å². The molecule has 7 rings (SSSR count). The van der Waals surface area contributed by atoms with E-state index in [1.54, 1.807) is 103 Å². The van der Waals surface area contributed by atoms with Gasteiger partial charge < -0.3 is 28.4 Å². The van der Waals surface area contributed by atoms with Gasteiger partial charge in [-0.3, -0.25) is 0 Å². The molecule has 1 aliphatic rings. The van der Waals surface area contributed by atoms with Crippen LogP contribution in [-0.4, -0.2) is 72.4 Å². The Morgan fingerprint density at radius 1 is 0.262 bits per heavy atom. The molecule has 1 saturated carbocycles. The van der Waals surface area contributed by atoms with Gasteiger partial charge in [0, 0.05) is 0 Å². The van der Waals surface area contributed by atoms with Crippen LogP contribution in [-0.2, 0) is 28.4 Å². The standard InChI is InChI=1S/C49H38O12/c1-31-27-29-37(30-28-31)49(55)61-43-41(59-47(53)35-23-13-5-14-24-35)39(57-45(51)33-19-9-3-10-20-33)38(56-44(50)32-17-7-2-8-18-32)40(58-46(52)34-21-11-4-12-22-34)42(43)60-48(54)36-25-15-6-16-26-36/h2-30,38-43H,1H3/t38?,39?,40?,41-,42+,43?. The number of rotatable bonds is 12. The van der Waals surface area contributed by atoms with Gasteiger partial charge in [-0.2, -0.15) is 0 Å². The highest BCUT2D eigenvalue weighted by molar-refractivity contribution is 5.93. The Balaban J connectivity index is 1.43. The molecule has 6 aromatic rings. The molecule has 0 heterocycles. The van der Waals surface area contributed by atoms with E-state index in [-0.39, 0.29) is 33.4 Å². The van der Waals surface area contributed by atoms with Gasteiger partial charge in [-0.25, -0.2) is 28.8 Å². The van der Waals surface area contributed by atoms with Crippen molar-refractivity contribution in [1.29, 1.82) is 0 Å². The van der Waals surface area contributed by atoms with Crippen LogP contribution >= 0.6 is 0 Å². The Morgan fingerprint density at radius 2 is 0.426 bits per heavy atom. The molecular weight excluding hydrogens is 781 g/mol. The number of carbonyl (C=O) groups is 6. The van der Waals surface area contributed by atoms with E-state index in [0.717, 1.165) is 5.56 Å². The van der Waals surface area contributed by atoms with E-state index >= 15 is 0 Å². The van der Waals surface area contributed by atoms with Gasteiger partial charge in [0.25, 0.3) is 0 Å². The average Bonchev–Trinajstić information content (AvgIpc) is 3.31. The lowest BCUT2D eigenvalue weighted by molar-refractivity contribution is -0.223. The van der Waals surface area contributed by atoms with Gasteiger partial charge in [-0.05, 0) is 79.7 Å². The molecule has 61 heavy (non-hydrogen) atoms. The predicted molar refractivity (Wildman–Crippen MR) is 219 cm³/mol. The zero-order valence-electron chi connectivity index (χ0n) is 32.6. The first-order valence-corrected chi connectivity index (χ1v) is 19.2. The summed E-state index contributed by atoms with van der Waals surface area (Å²) >= 11 is 0. The zero-order chi connectivity index (χ0) is 42.7. The summed E-state index contributed by atoms with van der Waals surface area (Å²) < 4.78 is 36.9. The molecule has 6 atom stereocenters. The molecule has 306 valence electrons. The Labute approximate surface area is 350 Å². The Bertz CT molecular complexity index is 2340. The minimum atomic E-state index is -1.89. The Kier molecular flexibility index (Phi) is 13.0. The fourth-order valence-corrected chi connectivity index (χ4v) is 6.64. The third kappa shape index (κ3) is 10.1. The number of ether oxygens (including phenoxy) is 6. The maximum Gasteiger partial charge on any atom is 0.338 e.